The lowest BCUT2D eigenvalue weighted by molar-refractivity contribution is -0.124. The Morgan fingerprint density at radius 1 is 1.26 bits per heavy atom. The fraction of sp³-hybridized carbons (Fsp3) is 0.562. The summed E-state index contributed by atoms with van der Waals surface area (Å²) in [4.78, 5) is 14.1. The van der Waals surface area contributed by atoms with Gasteiger partial charge in [-0.2, -0.15) is 0 Å². The van der Waals surface area contributed by atoms with Crippen LogP contribution in [-0.2, 0) is 4.79 Å². The molecule has 0 radical (unpaired) electrons. The highest BCUT2D eigenvalue weighted by atomic mass is 35.5. The van der Waals surface area contributed by atoms with Gasteiger partial charge in [-0.1, -0.05) is 19.1 Å². The Kier molecular flexibility index (Phi) is 13.1. The Balaban J connectivity index is 0. The summed E-state index contributed by atoms with van der Waals surface area (Å²) in [5.74, 6) is 0.858. The van der Waals surface area contributed by atoms with E-state index in [-0.39, 0.29) is 42.7 Å². The maximum absolute atomic E-state index is 12.0. The van der Waals surface area contributed by atoms with Gasteiger partial charge in [0, 0.05) is 19.0 Å². The molecule has 2 N–H and O–H groups in total. The Hall–Kier alpha value is -1.01. The molecule has 1 amide bonds. The smallest absolute Gasteiger partial charge is 0.224 e. The molecule has 2 atom stereocenters. The van der Waals surface area contributed by atoms with E-state index in [0.717, 1.165) is 11.3 Å². The fourth-order valence-corrected chi connectivity index (χ4v) is 2.22. The molecule has 0 bridgehead atoms. The van der Waals surface area contributed by atoms with Crippen LogP contribution < -0.4 is 15.4 Å². The first-order valence-electron chi connectivity index (χ1n) is 7.22. The van der Waals surface area contributed by atoms with Crippen molar-refractivity contribution in [3.8, 4) is 5.75 Å². The Morgan fingerprint density at radius 2 is 1.91 bits per heavy atom. The van der Waals surface area contributed by atoms with Crippen molar-refractivity contribution in [3.05, 3.63) is 29.8 Å². The number of hydrogen-bond acceptors (Lipinski definition) is 4. The zero-order valence-electron chi connectivity index (χ0n) is 14.5. The Bertz CT molecular complexity index is 459. The molecule has 7 heteroatoms. The molecule has 23 heavy (non-hydrogen) atoms. The van der Waals surface area contributed by atoms with Gasteiger partial charge in [-0.25, -0.2) is 0 Å². The molecule has 1 aromatic rings. The van der Waals surface area contributed by atoms with Crippen LogP contribution in [0.3, 0.4) is 0 Å². The summed E-state index contributed by atoms with van der Waals surface area (Å²) >= 11 is 0. The first-order valence-corrected chi connectivity index (χ1v) is 7.22. The van der Waals surface area contributed by atoms with E-state index in [9.17, 15) is 4.79 Å². The van der Waals surface area contributed by atoms with Crippen LogP contribution >= 0.6 is 24.8 Å². The van der Waals surface area contributed by atoms with Gasteiger partial charge >= 0.3 is 0 Å². The molecular formula is C16H29Cl2N3O2. The van der Waals surface area contributed by atoms with Crippen molar-refractivity contribution < 1.29 is 9.53 Å². The van der Waals surface area contributed by atoms with E-state index in [2.05, 4.69) is 21.6 Å². The van der Waals surface area contributed by atoms with Crippen LogP contribution in [0, 0.1) is 5.92 Å². The highest BCUT2D eigenvalue weighted by molar-refractivity contribution is 5.85. The van der Waals surface area contributed by atoms with E-state index in [0.29, 0.717) is 13.1 Å². The predicted octanol–water partition coefficient (Wildman–Crippen LogP) is 2.11. The van der Waals surface area contributed by atoms with Crippen LogP contribution in [0.1, 0.15) is 18.5 Å². The summed E-state index contributed by atoms with van der Waals surface area (Å²) < 4.78 is 5.27. The highest BCUT2D eigenvalue weighted by Gasteiger charge is 2.18. The molecule has 0 spiro atoms. The molecule has 1 aromatic carbocycles. The number of rotatable bonds is 8. The number of halogens is 2. The lowest BCUT2D eigenvalue weighted by atomic mass is 10.0. The molecule has 0 aliphatic carbocycles. The van der Waals surface area contributed by atoms with Crippen molar-refractivity contribution in [1.82, 2.24) is 15.5 Å². The minimum atomic E-state index is -0.0388. The maximum atomic E-state index is 12.0. The van der Waals surface area contributed by atoms with Gasteiger partial charge in [0.2, 0.25) is 5.91 Å². The van der Waals surface area contributed by atoms with Gasteiger partial charge in [-0.05, 0) is 38.8 Å². The number of nitrogens with one attached hydrogen (secondary N) is 2. The number of methoxy groups -OCH3 is 1. The summed E-state index contributed by atoms with van der Waals surface area (Å²) in [6, 6.07) is 8.07. The zero-order chi connectivity index (χ0) is 15.8. The third-order valence-electron chi connectivity index (χ3n) is 3.53. The molecule has 0 aliphatic heterocycles. The molecular weight excluding hydrogens is 337 g/mol. The third-order valence-corrected chi connectivity index (χ3v) is 3.53. The topological polar surface area (TPSA) is 53.6 Å². The second kappa shape index (κ2) is 12.4. The number of carbonyl (C=O) groups excluding carboxylic acids is 1. The van der Waals surface area contributed by atoms with Gasteiger partial charge in [0.25, 0.3) is 0 Å². The first kappa shape index (κ1) is 24.2. The Labute approximate surface area is 152 Å². The number of nitrogens with zero attached hydrogens (tertiary/aromatic N) is 1. The molecule has 0 saturated carbocycles. The summed E-state index contributed by atoms with van der Waals surface area (Å²) in [6.07, 6.45) is 0. The average molecular weight is 366 g/mol. The summed E-state index contributed by atoms with van der Waals surface area (Å²) in [7, 11) is 7.52. The molecule has 134 valence electrons. The molecule has 5 nitrogen and oxygen atoms in total. The van der Waals surface area contributed by atoms with E-state index in [4.69, 9.17) is 4.74 Å². The number of amides is 1. The van der Waals surface area contributed by atoms with Crippen LogP contribution in [0.5, 0.6) is 5.75 Å². The molecule has 0 fully saturated rings. The van der Waals surface area contributed by atoms with E-state index in [1.165, 1.54) is 0 Å². The monoisotopic (exact) mass is 365 g/mol. The van der Waals surface area contributed by atoms with E-state index < -0.39 is 0 Å². The first-order chi connectivity index (χ1) is 9.99. The van der Waals surface area contributed by atoms with Gasteiger partial charge in [-0.3, -0.25) is 4.79 Å². The molecule has 2 unspecified atom stereocenters. The van der Waals surface area contributed by atoms with Crippen molar-refractivity contribution in [2.75, 3.05) is 41.3 Å². The van der Waals surface area contributed by atoms with Gasteiger partial charge in [-0.15, -0.1) is 24.8 Å². The lowest BCUT2D eigenvalue weighted by Crippen LogP contribution is -2.39. The number of benzene rings is 1. The zero-order valence-corrected chi connectivity index (χ0v) is 16.1. The normalized spacial score (nSPS) is 12.6. The second-order valence-corrected chi connectivity index (χ2v) is 5.46. The quantitative estimate of drug-likeness (QED) is 0.740. The van der Waals surface area contributed by atoms with Crippen LogP contribution in [0.25, 0.3) is 0 Å². The van der Waals surface area contributed by atoms with Crippen molar-refractivity contribution in [3.63, 3.8) is 0 Å². The second-order valence-electron chi connectivity index (χ2n) is 5.46. The standard InChI is InChI=1S/C16H27N3O2.2ClH/c1-12(10-17-2)16(20)18-11-15(19(3)4)13-7-6-8-14(9-13)21-5;;/h6-9,12,15,17H,10-11H2,1-5H3,(H,18,20);2*1H. The van der Waals surface area contributed by atoms with Crippen molar-refractivity contribution in [2.45, 2.75) is 13.0 Å². The summed E-state index contributed by atoms with van der Waals surface area (Å²) in [5, 5.41) is 6.04. The van der Waals surface area contributed by atoms with Gasteiger partial charge < -0.3 is 20.3 Å². The van der Waals surface area contributed by atoms with Crippen LogP contribution in [0.2, 0.25) is 0 Å². The summed E-state index contributed by atoms with van der Waals surface area (Å²) in [6.45, 7) is 3.17. The van der Waals surface area contributed by atoms with E-state index >= 15 is 0 Å². The lowest BCUT2D eigenvalue weighted by Gasteiger charge is -2.26. The molecule has 0 heterocycles. The van der Waals surface area contributed by atoms with Gasteiger partial charge in [0.1, 0.15) is 5.75 Å². The number of hydrogen-bond donors (Lipinski definition) is 2. The van der Waals surface area contributed by atoms with Crippen LogP contribution in [-0.4, -0.2) is 52.1 Å². The highest BCUT2D eigenvalue weighted by Crippen LogP contribution is 2.22. The van der Waals surface area contributed by atoms with Gasteiger partial charge in [0.05, 0.1) is 13.2 Å². The van der Waals surface area contributed by atoms with E-state index in [1.54, 1.807) is 7.11 Å². The minimum absolute atomic E-state index is 0. The average Bonchev–Trinajstić information content (AvgIpc) is 2.47. The number of carbonyl (C=O) groups is 1. The van der Waals surface area contributed by atoms with Crippen molar-refractivity contribution >= 4 is 30.7 Å². The molecule has 0 aliphatic rings. The SMILES string of the molecule is CNCC(C)C(=O)NCC(c1cccc(OC)c1)N(C)C.Cl.Cl. The molecule has 0 aromatic heterocycles. The van der Waals surface area contributed by atoms with Gasteiger partial charge in [0.15, 0.2) is 0 Å². The number of likely N-dealkylation sites (N-methyl/N-ethyl adjacent to an activating group) is 1. The largest absolute Gasteiger partial charge is 0.497 e. The summed E-state index contributed by atoms with van der Waals surface area (Å²) in [5.41, 5.74) is 1.13. The molecule has 1 rings (SSSR count). The van der Waals surface area contributed by atoms with Crippen LogP contribution in [0.4, 0.5) is 0 Å². The Morgan fingerprint density at radius 3 is 2.43 bits per heavy atom. The molecule has 0 saturated heterocycles. The maximum Gasteiger partial charge on any atom is 0.224 e. The fourth-order valence-electron chi connectivity index (χ4n) is 2.22. The van der Waals surface area contributed by atoms with Crippen LogP contribution in [0.15, 0.2) is 24.3 Å². The van der Waals surface area contributed by atoms with E-state index in [1.807, 2.05) is 46.3 Å². The number of ether oxygens (including phenoxy) is 1. The minimum Gasteiger partial charge on any atom is -0.497 e. The third kappa shape index (κ3) is 7.88. The predicted molar refractivity (Wildman–Crippen MR) is 100 cm³/mol. The van der Waals surface area contributed by atoms with Crippen molar-refractivity contribution in [1.29, 1.82) is 0 Å². The van der Waals surface area contributed by atoms with Crippen molar-refractivity contribution in [2.24, 2.45) is 5.92 Å².